The van der Waals surface area contributed by atoms with E-state index in [0.717, 1.165) is 13.1 Å². The summed E-state index contributed by atoms with van der Waals surface area (Å²) in [5, 5.41) is 20.1. The Labute approximate surface area is 78.1 Å². The molecule has 0 spiro atoms. The second kappa shape index (κ2) is 5.13. The van der Waals surface area contributed by atoms with Gasteiger partial charge in [-0.05, 0) is 0 Å². The Balaban J connectivity index is 0.000000241. The van der Waals surface area contributed by atoms with Crippen molar-refractivity contribution in [1.29, 1.82) is 0 Å². The quantitative estimate of drug-likeness (QED) is 0.534. The average molecular weight is 216 g/mol. The van der Waals surface area contributed by atoms with E-state index in [1.807, 2.05) is 0 Å². The Morgan fingerprint density at radius 1 is 1.50 bits per heavy atom. The smallest absolute Gasteiger partial charge is 0.475 e. The fourth-order valence-electron chi connectivity index (χ4n) is 0.538. The Kier molecular flexibility index (Phi) is 4.81. The molecular formula is C6H11F3N2O3. The van der Waals surface area contributed by atoms with Gasteiger partial charge in [-0.25, -0.2) is 4.79 Å². The van der Waals surface area contributed by atoms with Crippen LogP contribution in [0.15, 0.2) is 0 Å². The number of carboxylic acid groups (broad SMARTS) is 1. The van der Waals surface area contributed by atoms with Crippen molar-refractivity contribution >= 4 is 5.97 Å². The highest BCUT2D eigenvalue weighted by Crippen LogP contribution is 2.13. The number of halogens is 3. The molecule has 1 aliphatic heterocycles. The summed E-state index contributed by atoms with van der Waals surface area (Å²) in [5.41, 5.74) is 0. The highest BCUT2D eigenvalue weighted by atomic mass is 19.4. The molecule has 1 aliphatic rings. The Morgan fingerprint density at radius 3 is 1.86 bits per heavy atom. The fraction of sp³-hybridized carbons (Fsp3) is 0.833. The van der Waals surface area contributed by atoms with Crippen LogP contribution < -0.4 is 5.32 Å². The predicted octanol–water partition coefficient (Wildman–Crippen LogP) is -0.0875. The van der Waals surface area contributed by atoms with Gasteiger partial charge in [0.2, 0.25) is 0 Å². The molecular weight excluding hydrogens is 205 g/mol. The van der Waals surface area contributed by atoms with Crippen molar-refractivity contribution in [3.8, 4) is 0 Å². The molecule has 5 nitrogen and oxygen atoms in total. The Hall–Kier alpha value is -0.860. The molecule has 0 saturated carbocycles. The molecule has 1 heterocycles. The number of hydroxylamine groups is 2. The van der Waals surface area contributed by atoms with E-state index in [2.05, 4.69) is 5.32 Å². The lowest BCUT2D eigenvalue weighted by Crippen LogP contribution is -2.54. The Bertz CT molecular complexity index is 191. The van der Waals surface area contributed by atoms with Crippen LogP contribution >= 0.6 is 0 Å². The molecule has 0 aromatic rings. The molecule has 1 rings (SSSR count). The lowest BCUT2D eigenvalue weighted by Gasteiger charge is -2.30. The lowest BCUT2D eigenvalue weighted by molar-refractivity contribution is -0.192. The van der Waals surface area contributed by atoms with Crippen molar-refractivity contribution in [3.63, 3.8) is 0 Å². The van der Waals surface area contributed by atoms with Gasteiger partial charge in [-0.15, -0.1) is 0 Å². The van der Waals surface area contributed by atoms with Crippen LogP contribution in [0.1, 0.15) is 0 Å². The van der Waals surface area contributed by atoms with E-state index in [1.165, 1.54) is 5.06 Å². The molecule has 1 fully saturated rings. The molecule has 3 N–H and O–H groups in total. The highest BCUT2D eigenvalue weighted by molar-refractivity contribution is 5.73. The minimum absolute atomic E-state index is 0.361. The molecule has 1 saturated heterocycles. The SMILES string of the molecule is CN(O)C1CNC1.O=C(O)C(F)(F)F. The minimum atomic E-state index is -5.08. The van der Waals surface area contributed by atoms with Gasteiger partial charge in [-0.1, -0.05) is 0 Å². The monoisotopic (exact) mass is 216 g/mol. The van der Waals surface area contributed by atoms with E-state index >= 15 is 0 Å². The van der Waals surface area contributed by atoms with Crippen molar-refractivity contribution in [2.24, 2.45) is 0 Å². The predicted molar refractivity (Wildman–Crippen MR) is 39.9 cm³/mol. The van der Waals surface area contributed by atoms with Gasteiger partial charge in [0.15, 0.2) is 0 Å². The summed E-state index contributed by atoms with van der Waals surface area (Å²) < 4.78 is 31.7. The van der Waals surface area contributed by atoms with Crippen LogP contribution in [0.4, 0.5) is 13.2 Å². The molecule has 0 aromatic carbocycles. The average Bonchev–Trinajstić information content (AvgIpc) is 1.79. The molecule has 0 radical (unpaired) electrons. The third kappa shape index (κ3) is 5.00. The van der Waals surface area contributed by atoms with Crippen molar-refractivity contribution in [3.05, 3.63) is 0 Å². The summed E-state index contributed by atoms with van der Waals surface area (Å²) in [6.45, 7) is 1.85. The first-order chi connectivity index (χ1) is 6.25. The largest absolute Gasteiger partial charge is 0.490 e. The van der Waals surface area contributed by atoms with Crippen molar-refractivity contribution in [2.45, 2.75) is 12.2 Å². The number of hydrogen-bond donors (Lipinski definition) is 3. The maximum absolute atomic E-state index is 10.6. The minimum Gasteiger partial charge on any atom is -0.475 e. The summed E-state index contributed by atoms with van der Waals surface area (Å²) >= 11 is 0. The second-order valence-corrected chi connectivity index (χ2v) is 2.69. The normalized spacial score (nSPS) is 17.0. The van der Waals surface area contributed by atoms with Crippen LogP contribution in [0, 0.1) is 0 Å². The van der Waals surface area contributed by atoms with Gasteiger partial charge < -0.3 is 15.6 Å². The van der Waals surface area contributed by atoms with Crippen LogP contribution in [0.5, 0.6) is 0 Å². The fourth-order valence-corrected chi connectivity index (χ4v) is 0.538. The van der Waals surface area contributed by atoms with Gasteiger partial charge in [-0.3, -0.25) is 0 Å². The number of carboxylic acids is 1. The number of aliphatic carboxylic acids is 1. The van der Waals surface area contributed by atoms with Gasteiger partial charge in [0.25, 0.3) is 0 Å². The summed E-state index contributed by atoms with van der Waals surface area (Å²) in [6, 6.07) is 0.361. The van der Waals surface area contributed by atoms with E-state index in [0.29, 0.717) is 6.04 Å². The number of alkyl halides is 3. The van der Waals surface area contributed by atoms with Gasteiger partial charge in [-0.2, -0.15) is 18.2 Å². The van der Waals surface area contributed by atoms with Gasteiger partial charge in [0, 0.05) is 20.1 Å². The molecule has 0 atom stereocenters. The number of nitrogens with zero attached hydrogens (tertiary/aromatic N) is 1. The second-order valence-electron chi connectivity index (χ2n) is 2.69. The summed E-state index contributed by atoms with van der Waals surface area (Å²) in [6.07, 6.45) is -5.08. The third-order valence-corrected chi connectivity index (χ3v) is 1.53. The van der Waals surface area contributed by atoms with Crippen molar-refractivity contribution in [2.75, 3.05) is 20.1 Å². The van der Waals surface area contributed by atoms with Crippen LogP contribution in [0.3, 0.4) is 0 Å². The summed E-state index contributed by atoms with van der Waals surface area (Å²) in [4.78, 5) is 8.90. The number of carbonyl (C=O) groups is 1. The third-order valence-electron chi connectivity index (χ3n) is 1.53. The van der Waals surface area contributed by atoms with Crippen molar-refractivity contribution < 1.29 is 28.3 Å². The summed E-state index contributed by atoms with van der Waals surface area (Å²) in [7, 11) is 1.67. The standard InChI is InChI=1S/C4H10N2O.C2HF3O2/c1-6(7)4-2-5-3-4;3-2(4,5)1(6)7/h4-5,7H,2-3H2,1H3;(H,6,7). The first kappa shape index (κ1) is 13.1. The Morgan fingerprint density at radius 2 is 1.86 bits per heavy atom. The molecule has 14 heavy (non-hydrogen) atoms. The van der Waals surface area contributed by atoms with Gasteiger partial charge >= 0.3 is 12.1 Å². The zero-order valence-corrected chi connectivity index (χ0v) is 7.38. The lowest BCUT2D eigenvalue weighted by atomic mass is 10.2. The van der Waals surface area contributed by atoms with Gasteiger partial charge in [0.05, 0.1) is 6.04 Å². The number of nitrogens with one attached hydrogen (secondary N) is 1. The van der Waals surface area contributed by atoms with Gasteiger partial charge in [0.1, 0.15) is 0 Å². The molecule has 84 valence electrons. The molecule has 8 heteroatoms. The first-order valence-electron chi connectivity index (χ1n) is 3.67. The maximum atomic E-state index is 10.6. The van der Waals surface area contributed by atoms with Crippen molar-refractivity contribution in [1.82, 2.24) is 10.4 Å². The topological polar surface area (TPSA) is 72.8 Å². The molecule has 0 amide bonds. The zero-order valence-electron chi connectivity index (χ0n) is 7.38. The van der Waals surface area contributed by atoms with Crippen LogP contribution in [-0.2, 0) is 4.79 Å². The number of likely N-dealkylation sites (N-methyl/N-ethyl adjacent to an activating group) is 1. The van der Waals surface area contributed by atoms with Crippen LogP contribution in [-0.4, -0.2) is 53.7 Å². The van der Waals surface area contributed by atoms with Crippen LogP contribution in [0.25, 0.3) is 0 Å². The van der Waals surface area contributed by atoms with E-state index in [-0.39, 0.29) is 0 Å². The maximum Gasteiger partial charge on any atom is 0.490 e. The van der Waals surface area contributed by atoms with E-state index in [1.54, 1.807) is 7.05 Å². The molecule has 0 unspecified atom stereocenters. The molecule has 0 bridgehead atoms. The number of hydrogen-bond acceptors (Lipinski definition) is 4. The molecule has 0 aliphatic carbocycles. The molecule has 0 aromatic heterocycles. The van der Waals surface area contributed by atoms with Crippen LogP contribution in [0.2, 0.25) is 0 Å². The first-order valence-corrected chi connectivity index (χ1v) is 3.67. The van der Waals surface area contributed by atoms with E-state index in [9.17, 15) is 13.2 Å². The zero-order chi connectivity index (χ0) is 11.4. The van der Waals surface area contributed by atoms with E-state index < -0.39 is 12.1 Å². The van der Waals surface area contributed by atoms with E-state index in [4.69, 9.17) is 15.1 Å². The summed E-state index contributed by atoms with van der Waals surface area (Å²) in [5.74, 6) is -2.76. The highest BCUT2D eigenvalue weighted by Gasteiger charge is 2.38. The number of rotatable bonds is 1.